The van der Waals surface area contributed by atoms with E-state index in [1.165, 1.54) is 0 Å². The van der Waals surface area contributed by atoms with E-state index in [0.29, 0.717) is 13.0 Å². The summed E-state index contributed by atoms with van der Waals surface area (Å²) in [4.78, 5) is 11.9. The molecule has 0 spiro atoms. The Morgan fingerprint density at radius 3 is 2.82 bits per heavy atom. The molecule has 1 atom stereocenters. The standard InChI is InChI=1S/C14H14O3/c15-14-11-7-4-8-16-13(11)9-12(17-14)10-5-2-1-3-6-10/h1-3,5-6,12H,4,7-9H2. The van der Waals surface area contributed by atoms with Crippen LogP contribution in [0.1, 0.15) is 30.9 Å². The Balaban J connectivity index is 1.88. The summed E-state index contributed by atoms with van der Waals surface area (Å²) in [6, 6.07) is 9.82. The second kappa shape index (κ2) is 4.24. The van der Waals surface area contributed by atoms with E-state index in [2.05, 4.69) is 0 Å². The number of carbonyl (C=O) groups is 1. The van der Waals surface area contributed by atoms with Gasteiger partial charge >= 0.3 is 5.97 Å². The highest BCUT2D eigenvalue weighted by molar-refractivity contribution is 5.90. The SMILES string of the molecule is O=C1OC(c2ccccc2)CC2=C1CCCO2. The van der Waals surface area contributed by atoms with E-state index in [4.69, 9.17) is 9.47 Å². The number of carbonyl (C=O) groups excluding carboxylic acids is 1. The fourth-order valence-electron chi connectivity index (χ4n) is 2.33. The van der Waals surface area contributed by atoms with Crippen molar-refractivity contribution in [3.05, 3.63) is 47.2 Å². The van der Waals surface area contributed by atoms with Gasteiger partial charge in [-0.15, -0.1) is 0 Å². The predicted molar refractivity (Wildman–Crippen MR) is 62.1 cm³/mol. The van der Waals surface area contributed by atoms with Gasteiger partial charge in [-0.05, 0) is 18.4 Å². The molecule has 0 saturated carbocycles. The summed E-state index contributed by atoms with van der Waals surface area (Å²) >= 11 is 0. The molecule has 0 aromatic heterocycles. The fraction of sp³-hybridized carbons (Fsp3) is 0.357. The van der Waals surface area contributed by atoms with Gasteiger partial charge in [-0.1, -0.05) is 30.3 Å². The fourth-order valence-corrected chi connectivity index (χ4v) is 2.33. The van der Waals surface area contributed by atoms with Crippen molar-refractivity contribution in [2.24, 2.45) is 0 Å². The van der Waals surface area contributed by atoms with E-state index in [1.54, 1.807) is 0 Å². The lowest BCUT2D eigenvalue weighted by Gasteiger charge is -2.29. The minimum absolute atomic E-state index is 0.194. The molecule has 1 unspecified atom stereocenters. The molecule has 0 aliphatic carbocycles. The van der Waals surface area contributed by atoms with Gasteiger partial charge in [0, 0.05) is 6.42 Å². The van der Waals surface area contributed by atoms with Crippen LogP contribution in [0.15, 0.2) is 41.7 Å². The lowest BCUT2D eigenvalue weighted by molar-refractivity contribution is -0.148. The van der Waals surface area contributed by atoms with Crippen molar-refractivity contribution in [1.29, 1.82) is 0 Å². The summed E-state index contributed by atoms with van der Waals surface area (Å²) in [7, 11) is 0. The van der Waals surface area contributed by atoms with Gasteiger partial charge in [-0.25, -0.2) is 4.79 Å². The number of esters is 1. The van der Waals surface area contributed by atoms with Crippen molar-refractivity contribution in [3.63, 3.8) is 0 Å². The van der Waals surface area contributed by atoms with Crippen molar-refractivity contribution < 1.29 is 14.3 Å². The number of hydrogen-bond donors (Lipinski definition) is 0. The maximum absolute atomic E-state index is 11.9. The third kappa shape index (κ3) is 1.93. The first-order valence-corrected chi connectivity index (χ1v) is 5.95. The van der Waals surface area contributed by atoms with Gasteiger partial charge in [0.25, 0.3) is 0 Å². The summed E-state index contributed by atoms with van der Waals surface area (Å²) in [6.45, 7) is 0.716. The Bertz CT molecular complexity index is 462. The zero-order valence-corrected chi connectivity index (χ0v) is 9.52. The average Bonchev–Trinajstić information content (AvgIpc) is 2.40. The van der Waals surface area contributed by atoms with Gasteiger partial charge in [0.1, 0.15) is 11.9 Å². The number of hydrogen-bond acceptors (Lipinski definition) is 3. The van der Waals surface area contributed by atoms with Crippen molar-refractivity contribution in [2.75, 3.05) is 6.61 Å². The average molecular weight is 230 g/mol. The van der Waals surface area contributed by atoms with Crippen LogP contribution in [0.5, 0.6) is 0 Å². The molecule has 17 heavy (non-hydrogen) atoms. The minimum Gasteiger partial charge on any atom is -0.497 e. The largest absolute Gasteiger partial charge is 0.497 e. The Morgan fingerprint density at radius 1 is 1.18 bits per heavy atom. The molecule has 2 heterocycles. The van der Waals surface area contributed by atoms with E-state index in [9.17, 15) is 4.79 Å². The molecule has 0 radical (unpaired) electrons. The van der Waals surface area contributed by atoms with Gasteiger partial charge in [0.05, 0.1) is 12.2 Å². The van der Waals surface area contributed by atoms with Crippen LogP contribution < -0.4 is 0 Å². The summed E-state index contributed by atoms with van der Waals surface area (Å²) < 4.78 is 11.0. The van der Waals surface area contributed by atoms with Gasteiger partial charge < -0.3 is 9.47 Å². The second-order valence-electron chi connectivity index (χ2n) is 4.36. The van der Waals surface area contributed by atoms with Crippen LogP contribution in [0, 0.1) is 0 Å². The highest BCUT2D eigenvalue weighted by Crippen LogP contribution is 2.36. The van der Waals surface area contributed by atoms with E-state index >= 15 is 0 Å². The Kier molecular flexibility index (Phi) is 2.59. The molecule has 2 aliphatic heterocycles. The number of benzene rings is 1. The maximum Gasteiger partial charge on any atom is 0.338 e. The number of rotatable bonds is 1. The first-order chi connectivity index (χ1) is 8.34. The van der Waals surface area contributed by atoms with Crippen LogP contribution in [-0.4, -0.2) is 12.6 Å². The van der Waals surface area contributed by atoms with E-state index < -0.39 is 0 Å². The number of ether oxygens (including phenoxy) is 2. The molecular weight excluding hydrogens is 216 g/mol. The molecule has 0 N–H and O–H groups in total. The highest BCUT2D eigenvalue weighted by Gasteiger charge is 2.32. The normalized spacial score (nSPS) is 23.8. The first kappa shape index (κ1) is 10.4. The van der Waals surface area contributed by atoms with Crippen LogP contribution in [0.3, 0.4) is 0 Å². The third-order valence-corrected chi connectivity index (χ3v) is 3.22. The van der Waals surface area contributed by atoms with E-state index in [1.807, 2.05) is 30.3 Å². The zero-order chi connectivity index (χ0) is 11.7. The predicted octanol–water partition coefficient (Wildman–Crippen LogP) is 2.74. The van der Waals surface area contributed by atoms with Crippen LogP contribution in [0.4, 0.5) is 0 Å². The minimum atomic E-state index is -0.209. The maximum atomic E-state index is 11.9. The number of cyclic esters (lactones) is 1. The molecule has 3 nitrogen and oxygen atoms in total. The lowest BCUT2D eigenvalue weighted by atomic mass is 9.97. The van der Waals surface area contributed by atoms with Crippen LogP contribution >= 0.6 is 0 Å². The molecule has 3 rings (SSSR count). The van der Waals surface area contributed by atoms with E-state index in [-0.39, 0.29) is 12.1 Å². The van der Waals surface area contributed by atoms with Gasteiger partial charge in [-0.2, -0.15) is 0 Å². The topological polar surface area (TPSA) is 35.5 Å². The van der Waals surface area contributed by atoms with Crippen molar-refractivity contribution in [1.82, 2.24) is 0 Å². The Labute approximate surface area is 100 Å². The molecular formula is C14H14O3. The van der Waals surface area contributed by atoms with Crippen LogP contribution in [-0.2, 0) is 14.3 Å². The molecule has 0 fully saturated rings. The first-order valence-electron chi connectivity index (χ1n) is 5.95. The molecule has 1 aromatic rings. The van der Waals surface area contributed by atoms with Crippen LogP contribution in [0.2, 0.25) is 0 Å². The molecule has 2 aliphatic rings. The van der Waals surface area contributed by atoms with Crippen LogP contribution in [0.25, 0.3) is 0 Å². The van der Waals surface area contributed by atoms with Crippen molar-refractivity contribution in [2.45, 2.75) is 25.4 Å². The molecule has 0 saturated heterocycles. The molecule has 0 amide bonds. The highest BCUT2D eigenvalue weighted by atomic mass is 16.6. The zero-order valence-electron chi connectivity index (χ0n) is 9.52. The van der Waals surface area contributed by atoms with Crippen molar-refractivity contribution >= 4 is 5.97 Å². The summed E-state index contributed by atoms with van der Waals surface area (Å²) in [6.07, 6.45) is 2.17. The van der Waals surface area contributed by atoms with Gasteiger partial charge in [0.2, 0.25) is 0 Å². The molecule has 1 aromatic carbocycles. The second-order valence-corrected chi connectivity index (χ2v) is 4.36. The monoisotopic (exact) mass is 230 g/mol. The summed E-state index contributed by atoms with van der Waals surface area (Å²) in [5.41, 5.74) is 1.77. The smallest absolute Gasteiger partial charge is 0.338 e. The van der Waals surface area contributed by atoms with Crippen molar-refractivity contribution in [3.8, 4) is 0 Å². The summed E-state index contributed by atoms with van der Waals surface area (Å²) in [5, 5.41) is 0. The van der Waals surface area contributed by atoms with Gasteiger partial charge in [-0.3, -0.25) is 0 Å². The Morgan fingerprint density at radius 2 is 2.00 bits per heavy atom. The van der Waals surface area contributed by atoms with Gasteiger partial charge in [0.15, 0.2) is 0 Å². The Hall–Kier alpha value is -1.77. The summed E-state index contributed by atoms with van der Waals surface area (Å²) in [5.74, 6) is 0.626. The lowest BCUT2D eigenvalue weighted by Crippen LogP contribution is -2.25. The third-order valence-electron chi connectivity index (χ3n) is 3.22. The van der Waals surface area contributed by atoms with E-state index in [0.717, 1.165) is 29.7 Å². The molecule has 88 valence electrons. The molecule has 3 heteroatoms. The molecule has 0 bridgehead atoms. The quantitative estimate of drug-likeness (QED) is 0.696.